The minimum atomic E-state index is -6.57. The number of hydrogen-bond donors (Lipinski definition) is 2. The summed E-state index contributed by atoms with van der Waals surface area (Å²) in [6.45, 7) is -3.55. The minimum Gasteiger partial charge on any atom is -0.433 e. The maximum Gasteiger partial charge on any atom is 0.435 e. The van der Waals surface area contributed by atoms with Gasteiger partial charge < -0.3 is 20.3 Å². The van der Waals surface area contributed by atoms with Crippen LogP contribution in [0, 0.1) is 11.5 Å². The number of aromatic nitrogens is 1. The van der Waals surface area contributed by atoms with E-state index in [2.05, 4.69) is 35.3 Å². The van der Waals surface area contributed by atoms with Gasteiger partial charge >= 0.3 is 36.4 Å². The number of pyridine rings is 1. The predicted octanol–water partition coefficient (Wildman–Crippen LogP) is 5.05. The molecule has 0 aliphatic carbocycles. The Morgan fingerprint density at radius 2 is 1.66 bits per heavy atom. The number of nitrogens with zero attached hydrogens (tertiary/aromatic N) is 4. The molecule has 0 saturated carbocycles. The maximum atomic E-state index is 14.6. The van der Waals surface area contributed by atoms with Crippen LogP contribution in [0.2, 0.25) is 0 Å². The van der Waals surface area contributed by atoms with E-state index in [-0.39, 0.29) is 31.0 Å². The van der Waals surface area contributed by atoms with Crippen LogP contribution in [0.3, 0.4) is 0 Å². The minimum absolute atomic E-state index is 0.0255. The fraction of sp³-hybridized carbons (Fsp3) is 0.348. The van der Waals surface area contributed by atoms with Gasteiger partial charge in [0.15, 0.2) is 5.75 Å². The molecular weight excluding hydrogens is 707 g/mol. The molecule has 21 heteroatoms. The number of halogens is 10. The standard InChI is InChI=1S/C23H16BrF9N6O4S/c24-12-8-11(21(27,22(28,29)30)23(31,32)33)9-14(43-20(25)26)16(12)38-17(40)13-2-1-3-15(36-13)37-18(41)19(42)39-4-6-44(7-5-39)35-10-34/h1-3,8-9,20H,4-7H2,(H,38,40)(H,36,37,41). The highest BCUT2D eigenvalue weighted by Gasteiger charge is 2.73. The zero-order chi connectivity index (χ0) is 33.0. The Morgan fingerprint density at radius 1 is 1.05 bits per heavy atom. The molecule has 0 atom stereocenters. The quantitative estimate of drug-likeness (QED) is 0.243. The van der Waals surface area contributed by atoms with E-state index in [0.29, 0.717) is 11.5 Å². The first kappa shape index (κ1) is 34.6. The van der Waals surface area contributed by atoms with Gasteiger partial charge in [-0.2, -0.15) is 44.7 Å². The molecule has 0 spiro atoms. The van der Waals surface area contributed by atoms with Gasteiger partial charge in [-0.1, -0.05) is 16.8 Å². The first-order chi connectivity index (χ1) is 20.4. The Hall–Kier alpha value is -3.93. The summed E-state index contributed by atoms with van der Waals surface area (Å²) in [7, 11) is -0.570. The highest BCUT2D eigenvalue weighted by molar-refractivity contribution is 9.10. The molecule has 3 rings (SSSR count). The van der Waals surface area contributed by atoms with Crippen molar-refractivity contribution in [3.05, 3.63) is 46.1 Å². The van der Waals surface area contributed by atoms with Gasteiger partial charge in [-0.05, 0) is 40.2 Å². The molecule has 1 aliphatic heterocycles. The second-order valence-corrected chi connectivity index (χ2v) is 11.3. The van der Waals surface area contributed by atoms with Gasteiger partial charge in [-0.25, -0.2) is 9.37 Å². The topological polar surface area (TPSA) is 137 Å². The summed E-state index contributed by atoms with van der Waals surface area (Å²) in [5.74, 6) is -4.47. The largest absolute Gasteiger partial charge is 0.435 e. The SMILES string of the molecule is N#CN=S1CCN(C(=O)C(=O)Nc2cccc(C(=O)Nc3c(Br)cc(C(F)(C(F)(F)F)C(F)(F)F)cc3OC(F)F)n2)CC1. The van der Waals surface area contributed by atoms with E-state index in [0.717, 1.165) is 18.2 Å². The number of amides is 3. The first-order valence-electron chi connectivity index (χ1n) is 11.7. The van der Waals surface area contributed by atoms with Crippen LogP contribution in [0.4, 0.5) is 51.0 Å². The molecule has 1 saturated heterocycles. The highest BCUT2D eigenvalue weighted by Crippen LogP contribution is 2.55. The zero-order valence-electron chi connectivity index (χ0n) is 21.4. The van der Waals surface area contributed by atoms with Crippen LogP contribution in [0.25, 0.3) is 0 Å². The van der Waals surface area contributed by atoms with Gasteiger partial charge in [0.2, 0.25) is 6.19 Å². The number of alkyl halides is 9. The molecule has 3 amide bonds. The van der Waals surface area contributed by atoms with Crippen molar-refractivity contribution in [2.24, 2.45) is 4.36 Å². The van der Waals surface area contributed by atoms with E-state index >= 15 is 0 Å². The van der Waals surface area contributed by atoms with Crippen LogP contribution in [-0.4, -0.2) is 71.2 Å². The fourth-order valence-corrected chi connectivity index (χ4v) is 5.60. The second kappa shape index (κ2) is 13.4. The predicted molar refractivity (Wildman–Crippen MR) is 138 cm³/mol. The molecule has 238 valence electrons. The Labute approximate surface area is 251 Å². The van der Waals surface area contributed by atoms with Crippen LogP contribution < -0.4 is 15.4 Å². The van der Waals surface area contributed by atoms with Crippen molar-refractivity contribution in [1.82, 2.24) is 9.88 Å². The Bertz CT molecular complexity index is 1510. The summed E-state index contributed by atoms with van der Waals surface area (Å²) in [6.07, 6.45) is -11.5. The normalized spacial score (nSPS) is 14.5. The number of carbonyl (C=O) groups excluding carboxylic acids is 3. The molecule has 1 aromatic heterocycles. The lowest BCUT2D eigenvalue weighted by atomic mass is 9.93. The maximum absolute atomic E-state index is 14.6. The van der Waals surface area contributed by atoms with Gasteiger partial charge in [0.25, 0.3) is 5.91 Å². The summed E-state index contributed by atoms with van der Waals surface area (Å²) in [6, 6.07) is 3.03. The Kier molecular flexibility index (Phi) is 10.5. The van der Waals surface area contributed by atoms with Gasteiger partial charge in [-0.15, -0.1) is 0 Å². The van der Waals surface area contributed by atoms with E-state index in [1.165, 1.54) is 4.90 Å². The molecule has 1 aliphatic rings. The number of rotatable bonds is 6. The third-order valence-corrected chi connectivity index (χ3v) is 8.03. The van der Waals surface area contributed by atoms with Crippen LogP contribution in [0.5, 0.6) is 5.75 Å². The molecule has 10 nitrogen and oxygen atoms in total. The Morgan fingerprint density at radius 3 is 2.20 bits per heavy atom. The number of carbonyl (C=O) groups is 3. The lowest BCUT2D eigenvalue weighted by Gasteiger charge is -2.31. The zero-order valence-corrected chi connectivity index (χ0v) is 23.8. The first-order valence-corrected chi connectivity index (χ1v) is 14.0. The van der Waals surface area contributed by atoms with Crippen molar-refractivity contribution < 1.29 is 58.6 Å². The molecule has 0 radical (unpaired) electrons. The van der Waals surface area contributed by atoms with E-state index in [1.54, 1.807) is 6.19 Å². The molecule has 0 bridgehead atoms. The van der Waals surface area contributed by atoms with E-state index in [4.69, 9.17) is 5.26 Å². The van der Waals surface area contributed by atoms with Gasteiger partial charge in [0.05, 0.1) is 5.69 Å². The number of anilines is 2. The van der Waals surface area contributed by atoms with Gasteiger partial charge in [-0.3, -0.25) is 14.4 Å². The van der Waals surface area contributed by atoms with E-state index in [9.17, 15) is 53.9 Å². The van der Waals surface area contributed by atoms with Crippen molar-refractivity contribution in [3.8, 4) is 11.9 Å². The molecule has 1 aromatic carbocycles. The lowest BCUT2D eigenvalue weighted by molar-refractivity contribution is -0.348. The van der Waals surface area contributed by atoms with Crippen LogP contribution >= 0.6 is 15.9 Å². The smallest absolute Gasteiger partial charge is 0.433 e. The van der Waals surface area contributed by atoms with Crippen molar-refractivity contribution in [2.45, 2.75) is 24.6 Å². The third kappa shape index (κ3) is 7.58. The molecule has 2 aromatic rings. The van der Waals surface area contributed by atoms with Crippen LogP contribution in [0.1, 0.15) is 16.1 Å². The van der Waals surface area contributed by atoms with Gasteiger partial charge in [0, 0.05) is 34.6 Å². The van der Waals surface area contributed by atoms with Crippen molar-refractivity contribution >= 4 is 55.8 Å². The molecule has 1 fully saturated rings. The number of benzene rings is 1. The van der Waals surface area contributed by atoms with Crippen LogP contribution in [0.15, 0.2) is 39.2 Å². The summed E-state index contributed by atoms with van der Waals surface area (Å²) >= 11 is 2.55. The summed E-state index contributed by atoms with van der Waals surface area (Å²) < 4.78 is 127. The lowest BCUT2D eigenvalue weighted by Crippen LogP contribution is -2.50. The summed E-state index contributed by atoms with van der Waals surface area (Å²) in [4.78, 5) is 42.7. The Balaban J connectivity index is 1.85. The van der Waals surface area contributed by atoms with E-state index in [1.807, 2.05) is 5.32 Å². The third-order valence-electron chi connectivity index (χ3n) is 5.76. The van der Waals surface area contributed by atoms with Crippen LogP contribution in [-0.2, 0) is 25.9 Å². The molecule has 2 N–H and O–H groups in total. The average Bonchev–Trinajstić information content (AvgIpc) is 2.93. The van der Waals surface area contributed by atoms with Crippen molar-refractivity contribution in [2.75, 3.05) is 35.2 Å². The molecule has 44 heavy (non-hydrogen) atoms. The van der Waals surface area contributed by atoms with Gasteiger partial charge in [0.1, 0.15) is 11.5 Å². The molecule has 2 heterocycles. The number of hydrogen-bond acceptors (Lipinski definition) is 7. The average molecular weight is 723 g/mol. The fourth-order valence-electron chi connectivity index (χ4n) is 3.70. The number of ether oxygens (including phenoxy) is 1. The van der Waals surface area contributed by atoms with Crippen molar-refractivity contribution in [3.63, 3.8) is 0 Å². The summed E-state index contributed by atoms with van der Waals surface area (Å²) in [5, 5.41) is 12.7. The molecule has 0 unspecified atom stereocenters. The second-order valence-electron chi connectivity index (χ2n) is 8.53. The molecular formula is C23H16BrF9N6O4S. The highest BCUT2D eigenvalue weighted by atomic mass is 79.9. The summed E-state index contributed by atoms with van der Waals surface area (Å²) in [5.41, 5.74) is -9.65. The van der Waals surface area contributed by atoms with Crippen molar-refractivity contribution in [1.29, 1.82) is 5.26 Å². The van der Waals surface area contributed by atoms with E-state index < -0.39 is 80.2 Å². The monoisotopic (exact) mass is 722 g/mol. The number of nitrogens with one attached hydrogen (secondary N) is 2. The number of nitriles is 1.